The molecule has 1 saturated heterocycles. The zero-order valence-electron chi connectivity index (χ0n) is 8.56. The van der Waals surface area contributed by atoms with Gasteiger partial charge in [0, 0.05) is 19.0 Å². The number of hydrogen-bond donors (Lipinski definition) is 2. The summed E-state index contributed by atoms with van der Waals surface area (Å²) in [4.78, 5) is 13.2. The van der Waals surface area contributed by atoms with Gasteiger partial charge in [0.15, 0.2) is 0 Å². The van der Waals surface area contributed by atoms with Crippen molar-refractivity contribution in [2.75, 3.05) is 17.2 Å². The number of thiol groups is 1. The van der Waals surface area contributed by atoms with E-state index in [1.54, 1.807) is 0 Å². The maximum atomic E-state index is 12.8. The third-order valence-corrected chi connectivity index (χ3v) is 3.21. The van der Waals surface area contributed by atoms with Gasteiger partial charge in [-0.15, -0.1) is 0 Å². The van der Waals surface area contributed by atoms with Crippen LogP contribution in [0, 0.1) is 11.7 Å². The maximum Gasteiger partial charge on any atom is 0.227 e. The number of halogens is 1. The fraction of sp³-hybridized carbons (Fsp3) is 0.364. The fourth-order valence-corrected chi connectivity index (χ4v) is 2.11. The number of carbonyl (C=O) groups is 1. The van der Waals surface area contributed by atoms with Crippen molar-refractivity contribution in [2.45, 2.75) is 6.42 Å². The van der Waals surface area contributed by atoms with Gasteiger partial charge >= 0.3 is 0 Å². The molecule has 2 rings (SSSR count). The van der Waals surface area contributed by atoms with Crippen LogP contribution in [0.15, 0.2) is 18.2 Å². The molecule has 0 aliphatic carbocycles. The molecule has 1 aliphatic heterocycles. The van der Waals surface area contributed by atoms with Crippen molar-refractivity contribution in [2.24, 2.45) is 5.92 Å². The largest absolute Gasteiger partial charge is 0.506 e. The maximum absolute atomic E-state index is 12.8. The smallest absolute Gasteiger partial charge is 0.227 e. The number of anilines is 1. The summed E-state index contributed by atoms with van der Waals surface area (Å²) in [7, 11) is 0. The number of phenols is 1. The molecule has 1 N–H and O–H groups in total. The van der Waals surface area contributed by atoms with Crippen molar-refractivity contribution < 1.29 is 14.3 Å². The Labute approximate surface area is 98.3 Å². The lowest BCUT2D eigenvalue weighted by molar-refractivity contribution is -0.117. The van der Waals surface area contributed by atoms with Gasteiger partial charge in [0.1, 0.15) is 11.6 Å². The Hall–Kier alpha value is -1.23. The summed E-state index contributed by atoms with van der Waals surface area (Å²) < 4.78 is 12.8. The molecule has 1 aromatic rings. The quantitative estimate of drug-likeness (QED) is 0.775. The Kier molecular flexibility index (Phi) is 3.05. The van der Waals surface area contributed by atoms with E-state index in [0.717, 1.165) is 6.07 Å². The van der Waals surface area contributed by atoms with Crippen LogP contribution in [-0.4, -0.2) is 23.3 Å². The van der Waals surface area contributed by atoms with Gasteiger partial charge in [-0.3, -0.25) is 4.79 Å². The third-order valence-electron chi connectivity index (χ3n) is 2.69. The number of phenolic OH excluding ortho intramolecular Hbond substituents is 1. The van der Waals surface area contributed by atoms with E-state index in [4.69, 9.17) is 0 Å². The van der Waals surface area contributed by atoms with Gasteiger partial charge in [-0.2, -0.15) is 12.6 Å². The minimum atomic E-state index is -0.515. The Balaban J connectivity index is 2.28. The Bertz CT molecular complexity index is 424. The minimum Gasteiger partial charge on any atom is -0.506 e. The number of nitrogens with zero attached hydrogens (tertiary/aromatic N) is 1. The van der Waals surface area contributed by atoms with E-state index in [2.05, 4.69) is 12.6 Å². The van der Waals surface area contributed by atoms with Crippen LogP contribution in [0.5, 0.6) is 5.75 Å². The molecule has 1 atom stereocenters. The molecule has 1 unspecified atom stereocenters. The summed E-state index contributed by atoms with van der Waals surface area (Å²) >= 11 is 4.15. The Morgan fingerprint density at radius 1 is 1.56 bits per heavy atom. The molecule has 0 spiro atoms. The van der Waals surface area contributed by atoms with Crippen LogP contribution in [0.25, 0.3) is 0 Å². The van der Waals surface area contributed by atoms with E-state index in [9.17, 15) is 14.3 Å². The molecule has 5 heteroatoms. The number of rotatable bonds is 2. The van der Waals surface area contributed by atoms with Crippen LogP contribution in [-0.2, 0) is 4.79 Å². The highest BCUT2D eigenvalue weighted by Gasteiger charge is 2.31. The standard InChI is InChI=1S/C11H12FNO2S/c12-8-1-2-9(10(14)4-8)13-5-7(6-16)3-11(13)15/h1-2,4,7,14,16H,3,5-6H2. The van der Waals surface area contributed by atoms with Crippen LogP contribution >= 0.6 is 12.6 Å². The molecular weight excluding hydrogens is 229 g/mol. The van der Waals surface area contributed by atoms with Gasteiger partial charge < -0.3 is 10.0 Å². The fourth-order valence-electron chi connectivity index (χ4n) is 1.86. The molecule has 1 aliphatic rings. The highest BCUT2D eigenvalue weighted by atomic mass is 32.1. The SMILES string of the molecule is O=C1CC(CS)CN1c1ccc(F)cc1O. The van der Waals surface area contributed by atoms with E-state index < -0.39 is 5.82 Å². The first-order valence-electron chi connectivity index (χ1n) is 5.01. The second-order valence-electron chi connectivity index (χ2n) is 3.89. The van der Waals surface area contributed by atoms with E-state index >= 15 is 0 Å². The zero-order valence-corrected chi connectivity index (χ0v) is 9.45. The number of aromatic hydroxyl groups is 1. The molecule has 1 fully saturated rings. The molecule has 0 aromatic heterocycles. The zero-order chi connectivity index (χ0) is 11.7. The van der Waals surface area contributed by atoms with Gasteiger partial charge in [0.2, 0.25) is 5.91 Å². The van der Waals surface area contributed by atoms with Crippen LogP contribution in [0.1, 0.15) is 6.42 Å². The highest BCUT2D eigenvalue weighted by molar-refractivity contribution is 7.80. The van der Waals surface area contributed by atoms with Crippen molar-refractivity contribution in [3.05, 3.63) is 24.0 Å². The van der Waals surface area contributed by atoms with Gasteiger partial charge in [-0.05, 0) is 23.8 Å². The molecule has 1 amide bonds. The molecule has 86 valence electrons. The molecule has 16 heavy (non-hydrogen) atoms. The average Bonchev–Trinajstić information content (AvgIpc) is 2.60. The monoisotopic (exact) mass is 241 g/mol. The predicted octanol–water partition coefficient (Wildman–Crippen LogP) is 1.81. The van der Waals surface area contributed by atoms with E-state index in [-0.39, 0.29) is 17.6 Å². The summed E-state index contributed by atoms with van der Waals surface area (Å²) in [5.74, 6) is 0.0533. The molecule has 0 saturated carbocycles. The highest BCUT2D eigenvalue weighted by Crippen LogP contribution is 2.32. The predicted molar refractivity (Wildman–Crippen MR) is 62.4 cm³/mol. The summed E-state index contributed by atoms with van der Waals surface area (Å²) in [5.41, 5.74) is 0.371. The van der Waals surface area contributed by atoms with Crippen molar-refractivity contribution >= 4 is 24.2 Å². The Morgan fingerprint density at radius 2 is 2.31 bits per heavy atom. The summed E-state index contributed by atoms with van der Waals surface area (Å²) in [6.45, 7) is 0.529. The van der Waals surface area contributed by atoms with Crippen LogP contribution in [0.3, 0.4) is 0 Å². The number of amides is 1. The lowest BCUT2D eigenvalue weighted by Crippen LogP contribution is -2.24. The minimum absolute atomic E-state index is 0.0547. The van der Waals surface area contributed by atoms with Crippen molar-refractivity contribution in [3.63, 3.8) is 0 Å². The first-order chi connectivity index (χ1) is 7.61. The number of benzene rings is 1. The first-order valence-corrected chi connectivity index (χ1v) is 5.65. The van der Waals surface area contributed by atoms with E-state index in [0.29, 0.717) is 24.4 Å². The lowest BCUT2D eigenvalue weighted by Gasteiger charge is -2.17. The lowest BCUT2D eigenvalue weighted by atomic mass is 10.1. The third kappa shape index (κ3) is 2.00. The summed E-state index contributed by atoms with van der Waals surface area (Å²) in [6.07, 6.45) is 0.431. The summed E-state index contributed by atoms with van der Waals surface area (Å²) in [6, 6.07) is 3.66. The molecule has 1 heterocycles. The van der Waals surface area contributed by atoms with Crippen molar-refractivity contribution in [1.82, 2.24) is 0 Å². The Morgan fingerprint density at radius 3 is 2.88 bits per heavy atom. The molecule has 0 bridgehead atoms. The summed E-state index contributed by atoms with van der Waals surface area (Å²) in [5, 5.41) is 9.58. The van der Waals surface area contributed by atoms with Gasteiger partial charge in [-0.1, -0.05) is 0 Å². The van der Waals surface area contributed by atoms with Crippen molar-refractivity contribution in [3.8, 4) is 5.75 Å². The molecular formula is C11H12FNO2S. The second-order valence-corrected chi connectivity index (χ2v) is 4.26. The van der Waals surface area contributed by atoms with Crippen molar-refractivity contribution in [1.29, 1.82) is 0 Å². The normalized spacial score (nSPS) is 20.5. The van der Waals surface area contributed by atoms with Crippen LogP contribution in [0.4, 0.5) is 10.1 Å². The molecule has 1 aromatic carbocycles. The van der Waals surface area contributed by atoms with Crippen LogP contribution < -0.4 is 4.90 Å². The van der Waals surface area contributed by atoms with Gasteiger partial charge in [0.05, 0.1) is 5.69 Å². The first kappa shape index (κ1) is 11.3. The number of carbonyl (C=O) groups excluding carboxylic acids is 1. The van der Waals surface area contributed by atoms with E-state index in [1.165, 1.54) is 17.0 Å². The van der Waals surface area contributed by atoms with E-state index in [1.807, 2.05) is 0 Å². The van der Waals surface area contributed by atoms with Gasteiger partial charge in [0.25, 0.3) is 0 Å². The topological polar surface area (TPSA) is 40.5 Å². The molecule has 3 nitrogen and oxygen atoms in total. The number of hydrogen-bond acceptors (Lipinski definition) is 3. The second kappa shape index (κ2) is 4.33. The van der Waals surface area contributed by atoms with Gasteiger partial charge in [-0.25, -0.2) is 4.39 Å². The average molecular weight is 241 g/mol. The van der Waals surface area contributed by atoms with Crippen LogP contribution in [0.2, 0.25) is 0 Å². The molecule has 0 radical (unpaired) electrons.